The maximum absolute atomic E-state index is 12.4. The second-order valence-corrected chi connectivity index (χ2v) is 3.81. The molecule has 9 nitrogen and oxygen atoms in total. The first kappa shape index (κ1) is 31.5. The van der Waals surface area contributed by atoms with Gasteiger partial charge in [-0.15, -0.1) is 0 Å². The number of aliphatic hydroxyl groups is 1. The van der Waals surface area contributed by atoms with Crippen LogP contribution in [0, 0.1) is 37.7 Å². The molecule has 0 spiro atoms. The molecule has 0 aliphatic heterocycles. The SMILES string of the molecule is C.C.CO.N.Nc1cc(F)ccc1[N+](=O)[O-].O=[N+]([O-])c1ccc(F)cc1F. The molecule has 2 aromatic carbocycles. The Labute approximate surface area is 154 Å². The highest BCUT2D eigenvalue weighted by molar-refractivity contribution is 5.57. The Morgan fingerprint density at radius 2 is 1.22 bits per heavy atom. The Kier molecular flexibility index (Phi) is 17.6. The third-order valence-corrected chi connectivity index (χ3v) is 2.29. The third kappa shape index (κ3) is 10.4. The van der Waals surface area contributed by atoms with Crippen LogP contribution in [0.4, 0.5) is 30.2 Å². The molecule has 0 heterocycles. The number of halogens is 3. The smallest absolute Gasteiger partial charge is 0.304 e. The number of nitro benzene ring substituents is 2. The summed E-state index contributed by atoms with van der Waals surface area (Å²) in [5.41, 5.74) is 4.00. The van der Waals surface area contributed by atoms with Crippen molar-refractivity contribution in [3.8, 4) is 0 Å². The van der Waals surface area contributed by atoms with Crippen LogP contribution in [0.15, 0.2) is 36.4 Å². The van der Waals surface area contributed by atoms with E-state index < -0.39 is 33.0 Å². The summed E-state index contributed by atoms with van der Waals surface area (Å²) in [4.78, 5) is 18.5. The fourth-order valence-electron chi connectivity index (χ4n) is 1.32. The Morgan fingerprint density at radius 3 is 1.56 bits per heavy atom. The van der Waals surface area contributed by atoms with Crippen molar-refractivity contribution >= 4 is 17.1 Å². The summed E-state index contributed by atoms with van der Waals surface area (Å²) >= 11 is 0. The van der Waals surface area contributed by atoms with Gasteiger partial charge in [-0.2, -0.15) is 4.39 Å². The van der Waals surface area contributed by atoms with Gasteiger partial charge in [-0.25, -0.2) is 8.78 Å². The van der Waals surface area contributed by atoms with E-state index in [-0.39, 0.29) is 32.4 Å². The molecule has 12 heteroatoms. The lowest BCUT2D eigenvalue weighted by Gasteiger charge is -1.94. The molecule has 154 valence electrons. The molecular formula is C15H23F3N4O5. The lowest BCUT2D eigenvalue weighted by atomic mass is 10.3. The molecule has 0 aliphatic rings. The highest BCUT2D eigenvalue weighted by Gasteiger charge is 2.13. The zero-order valence-corrected chi connectivity index (χ0v) is 12.9. The van der Waals surface area contributed by atoms with Crippen LogP contribution in [-0.4, -0.2) is 22.1 Å². The number of nitrogen functional groups attached to an aromatic ring is 1. The number of anilines is 1. The molecule has 0 unspecified atom stereocenters. The average molecular weight is 396 g/mol. The Morgan fingerprint density at radius 1 is 0.852 bits per heavy atom. The Bertz CT molecular complexity index is 671. The van der Waals surface area contributed by atoms with Crippen LogP contribution in [-0.2, 0) is 0 Å². The first-order chi connectivity index (χ1) is 11.2. The Hall–Kier alpha value is -3.25. The van der Waals surface area contributed by atoms with Crippen LogP contribution in [0.1, 0.15) is 14.9 Å². The average Bonchev–Trinajstić information content (AvgIpc) is 2.49. The van der Waals surface area contributed by atoms with Crippen molar-refractivity contribution in [3.63, 3.8) is 0 Å². The summed E-state index contributed by atoms with van der Waals surface area (Å²) in [5.74, 6) is -2.56. The molecule has 2 rings (SSSR count). The molecule has 0 aromatic heterocycles. The number of nitro groups is 2. The van der Waals surface area contributed by atoms with Gasteiger partial charge in [0.05, 0.1) is 9.85 Å². The quantitative estimate of drug-likeness (QED) is 0.387. The van der Waals surface area contributed by atoms with Crippen molar-refractivity contribution < 1.29 is 28.1 Å². The second-order valence-electron chi connectivity index (χ2n) is 3.81. The number of aliphatic hydroxyl groups excluding tert-OH is 1. The van der Waals surface area contributed by atoms with Gasteiger partial charge in [0, 0.05) is 31.4 Å². The van der Waals surface area contributed by atoms with Crippen molar-refractivity contribution in [2.24, 2.45) is 0 Å². The van der Waals surface area contributed by atoms with Crippen LogP contribution < -0.4 is 11.9 Å². The summed E-state index contributed by atoms with van der Waals surface area (Å²) in [5, 5.41) is 27.1. The van der Waals surface area contributed by atoms with Gasteiger partial charge in [-0.1, -0.05) is 14.9 Å². The second kappa shape index (κ2) is 15.0. The maximum atomic E-state index is 12.4. The van der Waals surface area contributed by atoms with Gasteiger partial charge in [-0.3, -0.25) is 20.2 Å². The number of hydrogen-bond donors (Lipinski definition) is 3. The molecule has 0 fully saturated rings. The van der Waals surface area contributed by atoms with Crippen LogP contribution >= 0.6 is 0 Å². The van der Waals surface area contributed by atoms with E-state index in [2.05, 4.69) is 0 Å². The van der Waals surface area contributed by atoms with Crippen molar-refractivity contribution in [2.45, 2.75) is 14.9 Å². The topological polar surface area (TPSA) is 168 Å². The van der Waals surface area contributed by atoms with Gasteiger partial charge in [-0.05, 0) is 12.1 Å². The third-order valence-electron chi connectivity index (χ3n) is 2.29. The van der Waals surface area contributed by atoms with Crippen molar-refractivity contribution in [1.82, 2.24) is 6.15 Å². The molecule has 0 bridgehead atoms. The van der Waals surface area contributed by atoms with E-state index in [1.54, 1.807) is 0 Å². The molecule has 27 heavy (non-hydrogen) atoms. The van der Waals surface area contributed by atoms with E-state index >= 15 is 0 Å². The predicted octanol–water partition coefficient (Wildman–Crippen LogP) is 4.23. The number of hydrogen-bond acceptors (Lipinski definition) is 7. The molecule has 6 N–H and O–H groups in total. The van der Waals surface area contributed by atoms with Crippen LogP contribution in [0.2, 0.25) is 0 Å². The van der Waals surface area contributed by atoms with Gasteiger partial charge in [0.2, 0.25) is 5.82 Å². The van der Waals surface area contributed by atoms with Gasteiger partial charge in [0.1, 0.15) is 17.3 Å². The molecule has 0 atom stereocenters. The maximum Gasteiger partial charge on any atom is 0.304 e. The largest absolute Gasteiger partial charge is 0.400 e. The van der Waals surface area contributed by atoms with E-state index in [4.69, 9.17) is 10.8 Å². The number of nitrogens with zero attached hydrogens (tertiary/aromatic N) is 2. The van der Waals surface area contributed by atoms with Crippen LogP contribution in [0.3, 0.4) is 0 Å². The van der Waals surface area contributed by atoms with Crippen molar-refractivity contribution in [1.29, 1.82) is 0 Å². The lowest BCUT2D eigenvalue weighted by Crippen LogP contribution is -1.95. The first-order valence-corrected chi connectivity index (χ1v) is 5.96. The molecule has 0 amide bonds. The molecule has 0 aliphatic carbocycles. The van der Waals surface area contributed by atoms with Crippen molar-refractivity contribution in [3.05, 3.63) is 74.1 Å². The fourth-order valence-corrected chi connectivity index (χ4v) is 1.32. The summed E-state index contributed by atoms with van der Waals surface area (Å²) in [6, 6.07) is 5.03. The van der Waals surface area contributed by atoms with Gasteiger partial charge < -0.3 is 17.0 Å². The molecule has 2 aromatic rings. The predicted molar refractivity (Wildman–Crippen MR) is 97.1 cm³/mol. The Balaban J connectivity index is -0.000000163. The van der Waals surface area contributed by atoms with E-state index in [0.717, 1.165) is 37.4 Å². The summed E-state index contributed by atoms with van der Waals surface area (Å²) in [7, 11) is 1.00. The van der Waals surface area contributed by atoms with E-state index in [1.807, 2.05) is 0 Å². The first-order valence-electron chi connectivity index (χ1n) is 5.96. The zero-order valence-electron chi connectivity index (χ0n) is 12.9. The van der Waals surface area contributed by atoms with Crippen LogP contribution in [0.5, 0.6) is 0 Å². The summed E-state index contributed by atoms with van der Waals surface area (Å²) in [6.45, 7) is 0. The number of rotatable bonds is 2. The molecule has 0 saturated carbocycles. The minimum atomic E-state index is -1.16. The van der Waals surface area contributed by atoms with E-state index in [1.165, 1.54) is 0 Å². The minimum Gasteiger partial charge on any atom is -0.400 e. The van der Waals surface area contributed by atoms with E-state index in [0.29, 0.717) is 6.07 Å². The zero-order chi connectivity index (χ0) is 18.9. The van der Waals surface area contributed by atoms with Crippen LogP contribution in [0.25, 0.3) is 0 Å². The summed E-state index contributed by atoms with van der Waals surface area (Å²) in [6.07, 6.45) is 0. The van der Waals surface area contributed by atoms with E-state index in [9.17, 15) is 33.4 Å². The van der Waals surface area contributed by atoms with Gasteiger partial charge in [0.25, 0.3) is 5.69 Å². The highest BCUT2D eigenvalue weighted by Crippen LogP contribution is 2.20. The molecule has 0 radical (unpaired) electrons. The number of nitrogens with two attached hydrogens (primary N) is 1. The number of benzene rings is 2. The normalized spacial score (nSPS) is 8.04. The fraction of sp³-hybridized carbons (Fsp3) is 0.200. The van der Waals surface area contributed by atoms with Gasteiger partial charge >= 0.3 is 5.69 Å². The lowest BCUT2D eigenvalue weighted by molar-refractivity contribution is -0.387. The monoisotopic (exact) mass is 396 g/mol. The standard InChI is InChI=1S/C6H3F2NO2.C6H5FN2O2.CH4O.2CH4.H3N/c2*7-4-1-2-6(9(10)11)5(8)3-4;1-2;;;/h1-3H;1-3H,8H2;2H,1H3;2*1H4;1H3. The van der Waals surface area contributed by atoms with Gasteiger partial charge in [0.15, 0.2) is 0 Å². The highest BCUT2D eigenvalue weighted by atomic mass is 19.1. The van der Waals surface area contributed by atoms with Crippen molar-refractivity contribution in [2.75, 3.05) is 12.8 Å². The summed E-state index contributed by atoms with van der Waals surface area (Å²) < 4.78 is 36.9. The molecule has 0 saturated heterocycles. The molecular weight excluding hydrogens is 373 g/mol. The minimum absolute atomic E-state index is 0.